The molecule has 2 aromatic rings. The number of carbonyl (C=O) groups is 1. The van der Waals surface area contributed by atoms with Crippen LogP contribution < -0.4 is 10.1 Å². The van der Waals surface area contributed by atoms with E-state index in [4.69, 9.17) is 0 Å². The van der Waals surface area contributed by atoms with E-state index >= 15 is 0 Å². The number of amides is 2. The summed E-state index contributed by atoms with van der Waals surface area (Å²) in [6.07, 6.45) is -2.98. The summed E-state index contributed by atoms with van der Waals surface area (Å²) in [4.78, 5) is 20.5. The van der Waals surface area contributed by atoms with Gasteiger partial charge in [0.15, 0.2) is 0 Å². The lowest BCUT2D eigenvalue weighted by Crippen LogP contribution is -2.49. The fraction of sp³-hybridized carbons (Fsp3) is 0.333. The number of urea groups is 1. The van der Waals surface area contributed by atoms with Crippen molar-refractivity contribution in [1.29, 1.82) is 0 Å². The number of hydrogen-bond donors (Lipinski definition) is 1. The zero-order chi connectivity index (χ0) is 19.3. The second-order valence-electron chi connectivity index (χ2n) is 6.09. The van der Waals surface area contributed by atoms with E-state index in [9.17, 15) is 18.0 Å². The quantitative estimate of drug-likeness (QED) is 0.884. The van der Waals surface area contributed by atoms with Crippen molar-refractivity contribution in [3.63, 3.8) is 0 Å². The molecule has 2 heterocycles. The van der Waals surface area contributed by atoms with Gasteiger partial charge in [0.2, 0.25) is 0 Å². The molecule has 1 aliphatic heterocycles. The summed E-state index contributed by atoms with van der Waals surface area (Å²) in [6.45, 7) is 3.31. The highest BCUT2D eigenvalue weighted by atomic mass is 19.4. The minimum absolute atomic E-state index is 0.281. The molecule has 0 bridgehead atoms. The van der Waals surface area contributed by atoms with Gasteiger partial charge in [0, 0.05) is 44.6 Å². The molecule has 1 N–H and O–H groups in total. The zero-order valence-electron chi connectivity index (χ0n) is 14.4. The number of benzene rings is 1. The monoisotopic (exact) mass is 380 g/mol. The van der Waals surface area contributed by atoms with Crippen molar-refractivity contribution >= 4 is 11.7 Å². The average Bonchev–Trinajstić information content (AvgIpc) is 2.63. The fourth-order valence-electron chi connectivity index (χ4n) is 2.77. The van der Waals surface area contributed by atoms with Gasteiger partial charge in [-0.25, -0.2) is 4.79 Å². The maximum absolute atomic E-state index is 12.3. The van der Waals surface area contributed by atoms with Gasteiger partial charge < -0.3 is 15.0 Å². The number of ether oxygens (including phenoxy) is 1. The molecule has 0 saturated carbocycles. The lowest BCUT2D eigenvalue weighted by atomic mass is 10.2. The number of hydrogen-bond acceptors (Lipinski definition) is 4. The highest BCUT2D eigenvalue weighted by molar-refractivity contribution is 5.89. The predicted molar refractivity (Wildman–Crippen MR) is 93.2 cm³/mol. The van der Waals surface area contributed by atoms with Crippen LogP contribution in [0.25, 0.3) is 0 Å². The van der Waals surface area contributed by atoms with Crippen LogP contribution in [0, 0.1) is 0 Å². The van der Waals surface area contributed by atoms with Gasteiger partial charge in [0.25, 0.3) is 0 Å². The molecule has 1 aromatic heterocycles. The highest BCUT2D eigenvalue weighted by Crippen LogP contribution is 2.24. The van der Waals surface area contributed by atoms with Gasteiger partial charge in [0.1, 0.15) is 5.75 Å². The Labute approximate surface area is 154 Å². The lowest BCUT2D eigenvalue weighted by Gasteiger charge is -2.34. The number of halogens is 3. The van der Waals surface area contributed by atoms with Crippen molar-refractivity contribution in [2.75, 3.05) is 31.5 Å². The van der Waals surface area contributed by atoms with Gasteiger partial charge >= 0.3 is 12.4 Å². The summed E-state index contributed by atoms with van der Waals surface area (Å²) < 4.78 is 40.3. The van der Waals surface area contributed by atoms with E-state index < -0.39 is 6.36 Å². The Morgan fingerprint density at radius 1 is 1.07 bits per heavy atom. The molecule has 1 aromatic carbocycles. The van der Waals surface area contributed by atoms with E-state index in [-0.39, 0.29) is 11.8 Å². The molecule has 0 atom stereocenters. The van der Waals surface area contributed by atoms with Crippen LogP contribution in [0.1, 0.15) is 5.69 Å². The molecule has 1 aliphatic rings. The number of anilines is 1. The number of carbonyl (C=O) groups excluding carboxylic acids is 1. The first-order valence-electron chi connectivity index (χ1n) is 8.43. The lowest BCUT2D eigenvalue weighted by molar-refractivity contribution is -0.274. The first-order chi connectivity index (χ1) is 12.9. The minimum atomic E-state index is -4.74. The SMILES string of the molecule is O=C(Nc1ccc(OC(F)(F)F)cc1)N1CCN(Cc2ccccn2)CC1. The van der Waals surface area contributed by atoms with Crippen LogP contribution in [-0.4, -0.2) is 53.4 Å². The van der Waals surface area contributed by atoms with Crippen LogP contribution in [0.5, 0.6) is 5.75 Å². The Morgan fingerprint density at radius 2 is 1.78 bits per heavy atom. The second-order valence-corrected chi connectivity index (χ2v) is 6.09. The van der Waals surface area contributed by atoms with Gasteiger partial charge in [-0.1, -0.05) is 6.07 Å². The molecule has 1 fully saturated rings. The number of nitrogens with one attached hydrogen (secondary N) is 1. The Morgan fingerprint density at radius 3 is 2.37 bits per heavy atom. The maximum atomic E-state index is 12.3. The van der Waals surface area contributed by atoms with E-state index in [0.29, 0.717) is 18.8 Å². The van der Waals surface area contributed by atoms with Crippen molar-refractivity contribution in [3.8, 4) is 5.75 Å². The molecule has 6 nitrogen and oxygen atoms in total. The number of pyridine rings is 1. The second kappa shape index (κ2) is 8.26. The predicted octanol–water partition coefficient (Wildman–Crippen LogP) is 3.33. The minimum Gasteiger partial charge on any atom is -0.406 e. The van der Waals surface area contributed by atoms with Crippen LogP contribution in [0.2, 0.25) is 0 Å². The van der Waals surface area contributed by atoms with Gasteiger partial charge in [0.05, 0.1) is 5.69 Å². The molecular formula is C18H19F3N4O2. The van der Waals surface area contributed by atoms with Gasteiger partial charge in [-0.2, -0.15) is 0 Å². The van der Waals surface area contributed by atoms with Crippen molar-refractivity contribution in [2.24, 2.45) is 0 Å². The number of piperazine rings is 1. The van der Waals surface area contributed by atoms with E-state index in [2.05, 4.69) is 19.9 Å². The molecule has 144 valence electrons. The first kappa shape index (κ1) is 19.0. The summed E-state index contributed by atoms with van der Waals surface area (Å²) in [7, 11) is 0. The molecule has 9 heteroatoms. The molecule has 3 rings (SSSR count). The van der Waals surface area contributed by atoms with Crippen LogP contribution in [0.3, 0.4) is 0 Å². The Bertz CT molecular complexity index is 745. The molecule has 0 aliphatic carbocycles. The van der Waals surface area contributed by atoms with E-state index in [0.717, 1.165) is 37.5 Å². The van der Waals surface area contributed by atoms with Gasteiger partial charge in [-0.15, -0.1) is 13.2 Å². The van der Waals surface area contributed by atoms with Crippen molar-refractivity contribution in [3.05, 3.63) is 54.4 Å². The van der Waals surface area contributed by atoms with E-state index in [1.807, 2.05) is 18.2 Å². The molecule has 1 saturated heterocycles. The van der Waals surface area contributed by atoms with Crippen LogP contribution in [0.4, 0.5) is 23.7 Å². The van der Waals surface area contributed by atoms with Crippen molar-refractivity contribution < 1.29 is 22.7 Å². The summed E-state index contributed by atoms with van der Waals surface area (Å²) >= 11 is 0. The zero-order valence-corrected chi connectivity index (χ0v) is 14.4. The third-order valence-corrected chi connectivity index (χ3v) is 4.11. The van der Waals surface area contributed by atoms with Crippen LogP contribution in [-0.2, 0) is 6.54 Å². The molecule has 2 amide bonds. The number of nitrogens with zero attached hydrogens (tertiary/aromatic N) is 3. The molecule has 0 unspecified atom stereocenters. The smallest absolute Gasteiger partial charge is 0.406 e. The third-order valence-electron chi connectivity index (χ3n) is 4.11. The van der Waals surface area contributed by atoms with E-state index in [1.165, 1.54) is 12.1 Å². The first-order valence-corrected chi connectivity index (χ1v) is 8.43. The Hall–Kier alpha value is -2.81. The largest absolute Gasteiger partial charge is 0.573 e. The molecule has 27 heavy (non-hydrogen) atoms. The summed E-state index contributed by atoms with van der Waals surface area (Å²) in [5, 5.41) is 2.69. The van der Waals surface area contributed by atoms with Gasteiger partial charge in [-0.05, 0) is 36.4 Å². The van der Waals surface area contributed by atoms with Gasteiger partial charge in [-0.3, -0.25) is 9.88 Å². The Balaban J connectivity index is 1.46. The van der Waals surface area contributed by atoms with Crippen LogP contribution >= 0.6 is 0 Å². The summed E-state index contributed by atoms with van der Waals surface area (Å²) in [6, 6.07) is 10.6. The molecule has 0 spiro atoms. The molecular weight excluding hydrogens is 361 g/mol. The topological polar surface area (TPSA) is 57.7 Å². The summed E-state index contributed by atoms with van der Waals surface area (Å²) in [5.41, 5.74) is 1.39. The standard InChI is InChI=1S/C18H19F3N4O2/c19-18(20,21)27-16-6-4-14(5-7-16)23-17(26)25-11-9-24(10-12-25)13-15-3-1-2-8-22-15/h1-8H,9-13H2,(H,23,26). The highest BCUT2D eigenvalue weighted by Gasteiger charge is 2.31. The normalized spacial score (nSPS) is 15.4. The van der Waals surface area contributed by atoms with Crippen molar-refractivity contribution in [1.82, 2.24) is 14.8 Å². The van der Waals surface area contributed by atoms with E-state index in [1.54, 1.807) is 11.1 Å². The molecule has 0 radical (unpaired) electrons. The Kier molecular flexibility index (Phi) is 5.80. The number of rotatable bonds is 4. The maximum Gasteiger partial charge on any atom is 0.573 e. The third kappa shape index (κ3) is 5.85. The van der Waals surface area contributed by atoms with Crippen LogP contribution in [0.15, 0.2) is 48.7 Å². The number of alkyl halides is 3. The number of aromatic nitrogens is 1. The fourth-order valence-corrected chi connectivity index (χ4v) is 2.77. The average molecular weight is 380 g/mol. The summed E-state index contributed by atoms with van der Waals surface area (Å²) in [5.74, 6) is -0.330. The van der Waals surface area contributed by atoms with Crippen molar-refractivity contribution in [2.45, 2.75) is 12.9 Å².